The van der Waals surface area contributed by atoms with Gasteiger partial charge in [-0.2, -0.15) is 9.57 Å². The summed E-state index contributed by atoms with van der Waals surface area (Å²) in [5.74, 6) is -0.659. The Morgan fingerprint density at radius 1 is 1.19 bits per heavy atom. The molecule has 27 heavy (non-hydrogen) atoms. The van der Waals surface area contributed by atoms with Crippen LogP contribution in [0.3, 0.4) is 0 Å². The minimum atomic E-state index is -3.76. The zero-order chi connectivity index (χ0) is 19.8. The normalized spacial score (nSPS) is 15.6. The number of sulfonamides is 1. The molecule has 2 heterocycles. The number of anilines is 1. The lowest BCUT2D eigenvalue weighted by Crippen LogP contribution is -2.49. The van der Waals surface area contributed by atoms with Crippen LogP contribution >= 0.6 is 11.6 Å². The van der Waals surface area contributed by atoms with Crippen LogP contribution in [0.4, 0.5) is 10.1 Å². The van der Waals surface area contributed by atoms with Crippen LogP contribution in [0.25, 0.3) is 0 Å². The molecule has 0 saturated carbocycles. The molecular weight excluding hydrogens is 391 g/mol. The monoisotopic (exact) mass is 408 g/mol. The fraction of sp³-hybridized carbons (Fsp3) is 0.333. The predicted octanol–water partition coefficient (Wildman–Crippen LogP) is 2.87. The van der Waals surface area contributed by atoms with E-state index in [1.807, 2.05) is 17.9 Å². The van der Waals surface area contributed by atoms with Crippen molar-refractivity contribution in [1.29, 1.82) is 5.26 Å². The van der Waals surface area contributed by atoms with Crippen LogP contribution in [0.5, 0.6) is 0 Å². The number of aryl methyl sites for hydroxylation is 2. The third-order valence-electron chi connectivity index (χ3n) is 4.53. The van der Waals surface area contributed by atoms with Gasteiger partial charge in [-0.15, -0.1) is 0 Å². The molecule has 0 unspecified atom stereocenters. The number of aromatic nitrogens is 1. The number of halogens is 2. The molecule has 0 N–H and O–H groups in total. The first-order valence-electron chi connectivity index (χ1n) is 8.32. The van der Waals surface area contributed by atoms with Gasteiger partial charge in [0.25, 0.3) is 0 Å². The molecule has 0 radical (unpaired) electrons. The first kappa shape index (κ1) is 19.5. The average Bonchev–Trinajstić information content (AvgIpc) is 2.63. The van der Waals surface area contributed by atoms with Crippen LogP contribution in [0.15, 0.2) is 29.2 Å². The summed E-state index contributed by atoms with van der Waals surface area (Å²) in [6.07, 6.45) is 0. The van der Waals surface area contributed by atoms with Gasteiger partial charge < -0.3 is 4.90 Å². The molecule has 0 amide bonds. The number of nitriles is 1. The number of pyridine rings is 1. The predicted molar refractivity (Wildman–Crippen MR) is 101 cm³/mol. The standard InChI is InChI=1S/C18H18ClFN4O2S/c1-12-9-18(15(11-21)13(2)22-12)23-5-7-24(8-6-23)27(25,26)14-3-4-17(20)16(19)10-14/h3-4,9-10H,5-8H2,1-2H3. The summed E-state index contributed by atoms with van der Waals surface area (Å²) < 4.78 is 40.3. The molecule has 1 aromatic carbocycles. The third-order valence-corrected chi connectivity index (χ3v) is 6.71. The van der Waals surface area contributed by atoms with Crippen LogP contribution < -0.4 is 4.90 Å². The fourth-order valence-electron chi connectivity index (χ4n) is 3.15. The Morgan fingerprint density at radius 3 is 2.44 bits per heavy atom. The molecule has 9 heteroatoms. The highest BCUT2D eigenvalue weighted by molar-refractivity contribution is 7.89. The Labute approximate surface area is 162 Å². The van der Waals surface area contributed by atoms with Gasteiger partial charge in [0, 0.05) is 31.9 Å². The Hall–Kier alpha value is -2.21. The molecule has 2 aromatic rings. The van der Waals surface area contributed by atoms with Gasteiger partial charge in [-0.1, -0.05) is 11.6 Å². The smallest absolute Gasteiger partial charge is 0.243 e. The van der Waals surface area contributed by atoms with E-state index < -0.39 is 15.8 Å². The molecular formula is C18H18ClFN4O2S. The zero-order valence-electron chi connectivity index (χ0n) is 14.9. The summed E-state index contributed by atoms with van der Waals surface area (Å²) in [4.78, 5) is 6.27. The summed E-state index contributed by atoms with van der Waals surface area (Å²) >= 11 is 5.72. The maximum absolute atomic E-state index is 13.3. The molecule has 0 spiro atoms. The molecule has 0 aliphatic carbocycles. The van der Waals surface area contributed by atoms with E-state index in [2.05, 4.69) is 11.1 Å². The Bertz CT molecular complexity index is 1030. The van der Waals surface area contributed by atoms with Gasteiger partial charge in [-0.3, -0.25) is 4.98 Å². The van der Waals surface area contributed by atoms with E-state index in [4.69, 9.17) is 11.6 Å². The lowest BCUT2D eigenvalue weighted by atomic mass is 10.1. The molecule has 0 bridgehead atoms. The van der Waals surface area contributed by atoms with Crippen molar-refractivity contribution < 1.29 is 12.8 Å². The number of piperazine rings is 1. The Morgan fingerprint density at radius 2 is 1.85 bits per heavy atom. The van der Waals surface area contributed by atoms with Crippen LogP contribution in [-0.2, 0) is 10.0 Å². The summed E-state index contributed by atoms with van der Waals surface area (Å²) in [5.41, 5.74) is 2.73. The number of hydrogen-bond donors (Lipinski definition) is 0. The minimum Gasteiger partial charge on any atom is -0.368 e. The summed E-state index contributed by atoms with van der Waals surface area (Å²) in [6, 6.07) is 7.41. The molecule has 1 aliphatic rings. The number of benzene rings is 1. The molecule has 3 rings (SSSR count). The summed E-state index contributed by atoms with van der Waals surface area (Å²) in [5, 5.41) is 9.21. The third kappa shape index (κ3) is 3.76. The van der Waals surface area contributed by atoms with Crippen molar-refractivity contribution in [3.05, 3.63) is 52.1 Å². The second-order valence-corrected chi connectivity index (χ2v) is 8.67. The highest BCUT2D eigenvalue weighted by Gasteiger charge is 2.30. The lowest BCUT2D eigenvalue weighted by molar-refractivity contribution is 0.384. The van der Waals surface area contributed by atoms with Crippen LogP contribution in [0, 0.1) is 31.0 Å². The molecule has 0 atom stereocenters. The van der Waals surface area contributed by atoms with Gasteiger partial charge >= 0.3 is 0 Å². The summed E-state index contributed by atoms with van der Waals surface area (Å²) in [6.45, 7) is 5.02. The van der Waals surface area contributed by atoms with Gasteiger partial charge in [-0.25, -0.2) is 12.8 Å². The number of nitrogens with zero attached hydrogens (tertiary/aromatic N) is 4. The van der Waals surface area contributed by atoms with E-state index in [-0.39, 0.29) is 23.0 Å². The van der Waals surface area contributed by atoms with Gasteiger partial charge in [0.05, 0.1) is 26.9 Å². The Balaban J connectivity index is 1.81. The van der Waals surface area contributed by atoms with Crippen molar-refractivity contribution in [3.8, 4) is 6.07 Å². The van der Waals surface area contributed by atoms with Crippen molar-refractivity contribution >= 4 is 27.3 Å². The van der Waals surface area contributed by atoms with Crippen molar-refractivity contribution in [2.45, 2.75) is 18.7 Å². The first-order chi connectivity index (χ1) is 12.7. The second kappa shape index (κ2) is 7.43. The molecule has 1 saturated heterocycles. The van der Waals surface area contributed by atoms with Crippen molar-refractivity contribution in [2.24, 2.45) is 0 Å². The molecule has 1 aromatic heterocycles. The molecule has 142 valence electrons. The van der Waals surface area contributed by atoms with Gasteiger partial charge in [0.1, 0.15) is 11.9 Å². The van der Waals surface area contributed by atoms with Crippen molar-refractivity contribution in [3.63, 3.8) is 0 Å². The van der Waals surface area contributed by atoms with Crippen LogP contribution in [0.1, 0.15) is 17.0 Å². The van der Waals surface area contributed by atoms with E-state index in [1.54, 1.807) is 6.92 Å². The SMILES string of the molecule is Cc1cc(N2CCN(S(=O)(=O)c3ccc(F)c(Cl)c3)CC2)c(C#N)c(C)n1. The maximum Gasteiger partial charge on any atom is 0.243 e. The van der Waals surface area contributed by atoms with Gasteiger partial charge in [0.15, 0.2) is 0 Å². The van der Waals surface area contributed by atoms with Gasteiger partial charge in [0.2, 0.25) is 10.0 Å². The van der Waals surface area contributed by atoms with Crippen molar-refractivity contribution in [2.75, 3.05) is 31.1 Å². The topological polar surface area (TPSA) is 77.3 Å². The van der Waals surface area contributed by atoms with E-state index in [0.29, 0.717) is 24.3 Å². The number of hydrogen-bond acceptors (Lipinski definition) is 5. The van der Waals surface area contributed by atoms with Crippen molar-refractivity contribution in [1.82, 2.24) is 9.29 Å². The van der Waals surface area contributed by atoms with E-state index in [1.165, 1.54) is 10.4 Å². The zero-order valence-corrected chi connectivity index (χ0v) is 16.5. The minimum absolute atomic E-state index is 0.0318. The highest BCUT2D eigenvalue weighted by atomic mass is 35.5. The Kier molecular flexibility index (Phi) is 5.38. The van der Waals surface area contributed by atoms with Crippen LogP contribution in [0.2, 0.25) is 5.02 Å². The maximum atomic E-state index is 13.3. The lowest BCUT2D eigenvalue weighted by Gasteiger charge is -2.36. The van der Waals surface area contributed by atoms with E-state index >= 15 is 0 Å². The van der Waals surface area contributed by atoms with Crippen LogP contribution in [-0.4, -0.2) is 43.9 Å². The average molecular weight is 409 g/mol. The van der Waals surface area contributed by atoms with Gasteiger partial charge in [-0.05, 0) is 38.1 Å². The highest BCUT2D eigenvalue weighted by Crippen LogP contribution is 2.27. The molecule has 1 fully saturated rings. The molecule has 1 aliphatic heterocycles. The summed E-state index contributed by atoms with van der Waals surface area (Å²) in [7, 11) is -3.76. The van der Waals surface area contributed by atoms with E-state index in [9.17, 15) is 18.1 Å². The molecule has 6 nitrogen and oxygen atoms in total. The first-order valence-corrected chi connectivity index (χ1v) is 10.1. The largest absolute Gasteiger partial charge is 0.368 e. The second-order valence-electron chi connectivity index (χ2n) is 6.32. The fourth-order valence-corrected chi connectivity index (χ4v) is 4.85. The van der Waals surface area contributed by atoms with E-state index in [0.717, 1.165) is 23.5 Å². The number of rotatable bonds is 3. The quantitative estimate of drug-likeness (QED) is 0.780.